The maximum atomic E-state index is 13.4. The van der Waals surface area contributed by atoms with E-state index in [0.717, 1.165) is 120 Å². The minimum atomic E-state index is -3.36. The van der Waals surface area contributed by atoms with Gasteiger partial charge in [0, 0.05) is 107 Å². The van der Waals surface area contributed by atoms with Gasteiger partial charge in [0.2, 0.25) is 5.91 Å². The fourth-order valence-electron chi connectivity index (χ4n) is 11.4. The number of hydrogen-bond donors (Lipinski definition) is 2. The number of nitrogens with two attached hydrogens (primary N) is 1. The van der Waals surface area contributed by atoms with Crippen LogP contribution in [-0.2, 0) is 88.5 Å². The Bertz CT molecular complexity index is 4360. The number of aromatic nitrogens is 6. The van der Waals surface area contributed by atoms with Crippen molar-refractivity contribution in [2.45, 2.75) is 62.5 Å². The zero-order valence-corrected chi connectivity index (χ0v) is 65.1. The molecule has 0 saturated heterocycles. The van der Waals surface area contributed by atoms with E-state index < -0.39 is 15.8 Å². The first-order valence-corrected chi connectivity index (χ1v) is 35.5. The van der Waals surface area contributed by atoms with E-state index in [4.69, 9.17) is 20.6 Å². The van der Waals surface area contributed by atoms with E-state index in [1.165, 1.54) is 28.7 Å². The Balaban J connectivity index is 0.000000187. The van der Waals surface area contributed by atoms with Gasteiger partial charge >= 0.3 is 11.9 Å². The summed E-state index contributed by atoms with van der Waals surface area (Å²) < 4.78 is 32.4. The van der Waals surface area contributed by atoms with Gasteiger partial charge in [-0.15, -0.1) is 0 Å². The zero-order chi connectivity index (χ0) is 69.1. The number of amides is 1. The molecule has 0 spiro atoms. The van der Waals surface area contributed by atoms with Crippen LogP contribution in [0.15, 0.2) is 159 Å². The molecule has 516 valence electrons. The summed E-state index contributed by atoms with van der Waals surface area (Å²) in [7, 11) is 15.6. The number of anilines is 6. The number of carboxylic acid groups (broad SMARTS) is 1. The number of aliphatic carboxylic acids is 1. The molecule has 4 aliphatic carbocycles. The van der Waals surface area contributed by atoms with Gasteiger partial charge in [-0.05, 0) is 208 Å². The van der Waals surface area contributed by atoms with E-state index in [1.807, 2.05) is 173 Å². The number of sulfone groups is 1. The summed E-state index contributed by atoms with van der Waals surface area (Å²) in [5.41, 5.74) is 18.8. The number of thiazole rings is 1. The molecule has 19 nitrogen and oxygen atoms in total. The van der Waals surface area contributed by atoms with E-state index in [9.17, 15) is 22.8 Å². The van der Waals surface area contributed by atoms with Crippen molar-refractivity contribution in [1.29, 1.82) is 0 Å². The monoisotopic (exact) mass is 1660 g/mol. The Labute approximate surface area is 611 Å². The molecule has 3 unspecified atom stereocenters. The SMILES string of the molecule is CN(C)c1cccc(-c2ccc3c(c2)CC(C(=O)O)C3)n1.CN(C)c1cccc(Br)n1.COC(=O)C1Cc2ccc(-c3cccc(N(C)C)n3)cc2C1.Cc1nc(N(C)C(=O)C2Cc3ccc(-c4cccc(N(C)C)n4)cc3C2)sc1S(=O)(=O)CC1CC1.Nc1cccc(Br)n1.[CH3-].[W]. The molecule has 6 heterocycles. The molecule has 6 aromatic heterocycles. The fraction of sp³-hybridized carbons (Fsp3) is 0.324. The third-order valence-electron chi connectivity index (χ3n) is 16.8. The van der Waals surface area contributed by atoms with E-state index >= 15 is 0 Å². The maximum Gasteiger partial charge on any atom is 0.309 e. The smallest absolute Gasteiger partial charge is 0.309 e. The van der Waals surface area contributed by atoms with Crippen LogP contribution in [0.2, 0.25) is 0 Å². The number of nitrogens with zero attached hydrogens (tertiary/aromatic N) is 11. The first kappa shape index (κ1) is 77.4. The van der Waals surface area contributed by atoms with Gasteiger partial charge in [-0.25, -0.2) is 38.3 Å². The second-order valence-corrected chi connectivity index (χ2v) is 29.9. The molecule has 0 radical (unpaired) electrons. The van der Waals surface area contributed by atoms with E-state index in [1.54, 1.807) is 20.0 Å². The van der Waals surface area contributed by atoms with Crippen molar-refractivity contribution in [3.05, 3.63) is 201 Å². The molecule has 4 aliphatic rings. The summed E-state index contributed by atoms with van der Waals surface area (Å²) in [5, 5.41) is 9.60. The van der Waals surface area contributed by atoms with Crippen molar-refractivity contribution in [1.82, 2.24) is 29.9 Å². The van der Waals surface area contributed by atoms with Crippen LogP contribution in [0.25, 0.3) is 33.8 Å². The molecule has 98 heavy (non-hydrogen) atoms. The Morgan fingerprint density at radius 1 is 0.531 bits per heavy atom. The molecule has 24 heteroatoms. The average Bonchev–Trinajstić information content (AvgIpc) is 1.65. The normalized spacial score (nSPS) is 15.1. The quantitative estimate of drug-likeness (QED) is 0.0585. The standard InChI is InChI=1S/C26H30N4O3S2.C18H20N2O2.C17H18N2O2.C7H9BrN2.C5H5BrN2.CH3.W/c1-16-25(35(32,33)15-17-8-9-17)34-26(27-16)30(4)24(31)21-12-18-10-11-19(13-20(18)14-21)22-6-5-7-23(28-22)29(2)3;1-20(2)17-6-4-5-16(19-17)13-8-7-12-9-15(18(21)22-3)11-14(12)10-13;1-19(2)16-5-3-4-15(18-16)12-7-6-11-8-14(17(20)21)10-13(11)9-12;1-10(2)7-5-3-4-6(8)9-7;6-4-2-1-3-5(7)8-4;;/h5-7,10-11,13,17,21H,8-9,12,14-15H2,1-4H3;4-8,10,15H,9,11H2,1-3H3;3-7,9,14H,8,10H2,1-2H3,(H,20,21);3-5H,1-2H3;1-3H,(H2,7,8);1H3;/q;;;;;-1;. The Morgan fingerprint density at radius 2 is 0.908 bits per heavy atom. The second kappa shape index (κ2) is 34.7. The van der Waals surface area contributed by atoms with Crippen molar-refractivity contribution >= 4 is 105 Å². The number of hydrogen-bond acceptors (Lipinski definition) is 18. The molecule has 9 aromatic rings. The molecule has 1 amide bonds. The maximum absolute atomic E-state index is 13.4. The van der Waals surface area contributed by atoms with Gasteiger partial charge in [0.25, 0.3) is 0 Å². The third kappa shape index (κ3) is 20.4. The molecule has 13 rings (SSSR count). The summed E-state index contributed by atoms with van der Waals surface area (Å²) in [6, 6.07) is 48.0. The predicted octanol–water partition coefficient (Wildman–Crippen LogP) is 13.2. The Morgan fingerprint density at radius 3 is 1.29 bits per heavy atom. The van der Waals surface area contributed by atoms with Crippen LogP contribution in [-0.4, -0.2) is 138 Å². The number of carbonyl (C=O) groups excluding carboxylic acids is 2. The number of nitrogen functional groups attached to an aromatic ring is 1. The number of ether oxygens (including phenoxy) is 1. The zero-order valence-electron chi connectivity index (χ0n) is 57.4. The molecule has 1 saturated carbocycles. The van der Waals surface area contributed by atoms with Crippen molar-refractivity contribution in [2.75, 3.05) is 107 Å². The molecule has 0 bridgehead atoms. The summed E-state index contributed by atoms with van der Waals surface area (Å²) in [4.78, 5) is 72.2. The minimum absolute atomic E-state index is 0. The number of fused-ring (bicyclic) bond motifs is 3. The number of aryl methyl sites for hydroxylation is 1. The summed E-state index contributed by atoms with van der Waals surface area (Å²) >= 11 is 7.58. The molecule has 3 atom stereocenters. The molecule has 3 aromatic carbocycles. The van der Waals surface area contributed by atoms with Gasteiger partial charge in [-0.3, -0.25) is 19.3 Å². The first-order chi connectivity index (χ1) is 45.7. The van der Waals surface area contributed by atoms with Gasteiger partial charge < -0.3 is 42.6 Å². The number of pyridine rings is 5. The van der Waals surface area contributed by atoms with Crippen LogP contribution >= 0.6 is 43.2 Å². The largest absolute Gasteiger partial charge is 0.481 e. The number of rotatable bonds is 14. The van der Waals surface area contributed by atoms with Crippen LogP contribution in [0, 0.1) is 38.0 Å². The van der Waals surface area contributed by atoms with Crippen molar-refractivity contribution in [3.63, 3.8) is 0 Å². The molecule has 0 aliphatic heterocycles. The molecular formula is C74H85Br2N12O7S2W-. The summed E-state index contributed by atoms with van der Waals surface area (Å²) in [6.45, 7) is 1.71. The third-order valence-corrected chi connectivity index (χ3v) is 21.5. The Hall–Kier alpha value is -7.95. The summed E-state index contributed by atoms with van der Waals surface area (Å²) in [6.07, 6.45) is 6.05. The first-order valence-electron chi connectivity index (χ1n) is 31.5. The predicted molar refractivity (Wildman–Crippen MR) is 398 cm³/mol. The Kier molecular flexibility index (Phi) is 27.4. The second-order valence-electron chi connectivity index (χ2n) is 25.0. The van der Waals surface area contributed by atoms with Crippen molar-refractivity contribution in [3.8, 4) is 33.8 Å². The van der Waals surface area contributed by atoms with Crippen LogP contribution < -0.4 is 30.2 Å². The van der Waals surface area contributed by atoms with Crippen molar-refractivity contribution < 1.29 is 53.7 Å². The molecule has 1 fully saturated rings. The van der Waals surface area contributed by atoms with Crippen molar-refractivity contribution in [2.24, 2.45) is 23.7 Å². The van der Waals surface area contributed by atoms with Crippen LogP contribution in [0.5, 0.6) is 0 Å². The molecule has 3 N–H and O–H groups in total. The fourth-order valence-corrected chi connectivity index (χ4v) is 15.4. The van der Waals surface area contributed by atoms with Crippen LogP contribution in [0.4, 0.5) is 34.2 Å². The number of esters is 1. The topological polar surface area (TPSA) is 234 Å². The number of carboxylic acids is 1. The van der Waals surface area contributed by atoms with Crippen LogP contribution in [0.3, 0.4) is 0 Å². The number of methoxy groups -OCH3 is 1. The van der Waals surface area contributed by atoms with Gasteiger partial charge in [-0.1, -0.05) is 78.1 Å². The van der Waals surface area contributed by atoms with Gasteiger partial charge in [0.15, 0.2) is 15.0 Å². The molecular weight excluding hydrogens is 1580 g/mol. The van der Waals surface area contributed by atoms with Gasteiger partial charge in [-0.2, -0.15) is 0 Å². The number of benzene rings is 3. The number of halogens is 2. The van der Waals surface area contributed by atoms with E-state index in [-0.39, 0.29) is 69.8 Å². The van der Waals surface area contributed by atoms with Gasteiger partial charge in [0.05, 0.1) is 47.5 Å². The van der Waals surface area contributed by atoms with E-state index in [0.29, 0.717) is 46.5 Å². The number of carbonyl (C=O) groups is 3. The van der Waals surface area contributed by atoms with Crippen LogP contribution in [0.1, 0.15) is 51.9 Å². The minimum Gasteiger partial charge on any atom is -0.481 e. The average molecular weight is 1660 g/mol. The van der Waals surface area contributed by atoms with Gasteiger partial charge in [0.1, 0.15) is 42.5 Å². The van der Waals surface area contributed by atoms with E-state index in [2.05, 4.69) is 99.2 Å². The summed E-state index contributed by atoms with van der Waals surface area (Å²) in [5.74, 6) is 3.33.